The fourth-order valence-electron chi connectivity index (χ4n) is 2.09. The Balaban J connectivity index is 2.02. The van der Waals surface area contributed by atoms with Crippen molar-refractivity contribution in [2.45, 2.75) is 12.6 Å². The van der Waals surface area contributed by atoms with E-state index in [1.165, 1.54) is 18.2 Å². The van der Waals surface area contributed by atoms with Crippen molar-refractivity contribution in [2.24, 2.45) is 0 Å². The van der Waals surface area contributed by atoms with Gasteiger partial charge in [-0.25, -0.2) is 9.18 Å². The molecule has 0 amide bonds. The van der Waals surface area contributed by atoms with E-state index in [2.05, 4.69) is 5.32 Å². The lowest BCUT2D eigenvalue weighted by molar-refractivity contribution is -0.137. The zero-order valence-corrected chi connectivity index (χ0v) is 12.2. The van der Waals surface area contributed by atoms with Gasteiger partial charge < -0.3 is 15.5 Å². The molecule has 0 saturated heterocycles. The number of phenols is 1. The summed E-state index contributed by atoms with van der Waals surface area (Å²) in [6.45, 7) is 0.173. The van der Waals surface area contributed by atoms with E-state index in [0.29, 0.717) is 11.8 Å². The summed E-state index contributed by atoms with van der Waals surface area (Å²) in [5, 5.41) is 21.1. The van der Waals surface area contributed by atoms with E-state index in [9.17, 15) is 27.5 Å². The number of hydrogen-bond donors (Lipinski definition) is 3. The summed E-state index contributed by atoms with van der Waals surface area (Å²) in [5.74, 6) is -2.64. The normalized spacial score (nSPS) is 11.3. The van der Waals surface area contributed by atoms with E-state index in [-0.39, 0.29) is 29.8 Å². The van der Waals surface area contributed by atoms with Gasteiger partial charge in [0.2, 0.25) is 0 Å². The van der Waals surface area contributed by atoms with Gasteiger partial charge in [0.15, 0.2) is 0 Å². The van der Waals surface area contributed by atoms with Crippen molar-refractivity contribution >= 4 is 11.7 Å². The molecule has 0 heterocycles. The van der Waals surface area contributed by atoms with Crippen LogP contribution in [0.25, 0.3) is 0 Å². The number of carboxylic acids is 1. The molecule has 0 radical (unpaired) electrons. The Hall–Kier alpha value is -2.77. The Kier molecular flexibility index (Phi) is 4.96. The van der Waals surface area contributed by atoms with E-state index in [0.717, 1.165) is 12.1 Å². The number of hydrogen-bond acceptors (Lipinski definition) is 3. The summed E-state index contributed by atoms with van der Waals surface area (Å²) < 4.78 is 51.1. The van der Waals surface area contributed by atoms with Crippen LogP contribution in [-0.2, 0) is 12.6 Å². The van der Waals surface area contributed by atoms with Gasteiger partial charge in [-0.2, -0.15) is 13.2 Å². The number of alkyl halides is 3. The van der Waals surface area contributed by atoms with Crippen LogP contribution in [0.1, 0.15) is 21.5 Å². The molecular weight excluding hydrogens is 330 g/mol. The fourth-order valence-corrected chi connectivity index (χ4v) is 2.09. The number of rotatable bonds is 5. The molecule has 0 aliphatic heterocycles. The molecule has 0 aliphatic carbocycles. The van der Waals surface area contributed by atoms with Gasteiger partial charge in [0.25, 0.3) is 0 Å². The minimum absolute atomic E-state index is 0.104. The van der Waals surface area contributed by atoms with E-state index in [1.54, 1.807) is 0 Å². The third kappa shape index (κ3) is 4.15. The predicted octanol–water partition coefficient (Wildman–Crippen LogP) is 3.90. The summed E-state index contributed by atoms with van der Waals surface area (Å²) in [4.78, 5) is 10.9. The summed E-state index contributed by atoms with van der Waals surface area (Å²) >= 11 is 0. The van der Waals surface area contributed by atoms with Gasteiger partial charge in [-0.15, -0.1) is 0 Å². The summed E-state index contributed by atoms with van der Waals surface area (Å²) in [5.41, 5.74) is -0.854. The molecule has 2 aromatic carbocycles. The van der Waals surface area contributed by atoms with Gasteiger partial charge in [0, 0.05) is 12.2 Å². The average Bonchev–Trinajstić information content (AvgIpc) is 2.49. The molecule has 3 N–H and O–H groups in total. The molecular formula is C16H13F4NO3. The Morgan fingerprint density at radius 1 is 1.12 bits per heavy atom. The molecule has 0 aliphatic rings. The van der Waals surface area contributed by atoms with Crippen LogP contribution in [0.2, 0.25) is 0 Å². The number of anilines is 1. The first-order chi connectivity index (χ1) is 11.2. The lowest BCUT2D eigenvalue weighted by atomic mass is 10.1. The first kappa shape index (κ1) is 17.6. The molecule has 0 bridgehead atoms. The highest BCUT2D eigenvalue weighted by molar-refractivity contribution is 5.91. The number of carbonyl (C=O) groups is 1. The molecule has 8 heteroatoms. The topological polar surface area (TPSA) is 69.6 Å². The number of halogens is 4. The second kappa shape index (κ2) is 6.77. The molecule has 2 aromatic rings. The molecule has 0 fully saturated rings. The van der Waals surface area contributed by atoms with Gasteiger partial charge in [-0.3, -0.25) is 0 Å². The van der Waals surface area contributed by atoms with Crippen molar-refractivity contribution < 1.29 is 32.6 Å². The molecule has 0 spiro atoms. The average molecular weight is 343 g/mol. The van der Waals surface area contributed by atoms with Crippen molar-refractivity contribution in [2.75, 3.05) is 11.9 Å². The van der Waals surface area contributed by atoms with Crippen LogP contribution < -0.4 is 5.32 Å². The second-order valence-electron chi connectivity index (χ2n) is 5.02. The van der Waals surface area contributed by atoms with Gasteiger partial charge in [-0.1, -0.05) is 6.07 Å². The van der Waals surface area contributed by atoms with Crippen molar-refractivity contribution in [3.05, 3.63) is 58.9 Å². The van der Waals surface area contributed by atoms with Crippen molar-refractivity contribution in [3.8, 4) is 5.75 Å². The van der Waals surface area contributed by atoms with E-state index >= 15 is 0 Å². The molecule has 2 rings (SSSR count). The van der Waals surface area contributed by atoms with Crippen LogP contribution in [0.3, 0.4) is 0 Å². The Bertz CT molecular complexity index is 759. The SMILES string of the molecule is O=C(O)c1cc(NCCc2ccc(C(F)(F)F)cc2F)ccc1O. The molecule has 24 heavy (non-hydrogen) atoms. The van der Waals surface area contributed by atoms with Crippen LogP contribution >= 0.6 is 0 Å². The maximum Gasteiger partial charge on any atom is 0.416 e. The number of nitrogens with one attached hydrogen (secondary N) is 1. The van der Waals surface area contributed by atoms with Crippen LogP contribution in [0.5, 0.6) is 5.75 Å². The zero-order valence-electron chi connectivity index (χ0n) is 12.2. The molecule has 0 atom stereocenters. The summed E-state index contributed by atoms with van der Waals surface area (Å²) in [7, 11) is 0. The van der Waals surface area contributed by atoms with Gasteiger partial charge in [0.1, 0.15) is 17.1 Å². The molecule has 4 nitrogen and oxygen atoms in total. The Labute approximate surface area is 134 Å². The lowest BCUT2D eigenvalue weighted by Gasteiger charge is -2.11. The number of aromatic carboxylic acids is 1. The van der Waals surface area contributed by atoms with Crippen LogP contribution in [0.4, 0.5) is 23.2 Å². The first-order valence-electron chi connectivity index (χ1n) is 6.84. The number of benzene rings is 2. The third-order valence-corrected chi connectivity index (χ3v) is 3.33. The second-order valence-corrected chi connectivity index (χ2v) is 5.02. The van der Waals surface area contributed by atoms with Crippen LogP contribution in [0.15, 0.2) is 36.4 Å². The van der Waals surface area contributed by atoms with Gasteiger partial charge >= 0.3 is 12.1 Å². The minimum Gasteiger partial charge on any atom is -0.507 e. The Morgan fingerprint density at radius 3 is 2.42 bits per heavy atom. The van der Waals surface area contributed by atoms with E-state index in [1.807, 2.05) is 0 Å². The van der Waals surface area contributed by atoms with E-state index in [4.69, 9.17) is 5.11 Å². The zero-order chi connectivity index (χ0) is 17.9. The lowest BCUT2D eigenvalue weighted by Crippen LogP contribution is -2.09. The van der Waals surface area contributed by atoms with Crippen molar-refractivity contribution in [1.29, 1.82) is 0 Å². The maximum atomic E-state index is 13.7. The largest absolute Gasteiger partial charge is 0.507 e. The molecule has 128 valence electrons. The quantitative estimate of drug-likeness (QED) is 0.569. The maximum absolute atomic E-state index is 13.7. The third-order valence-electron chi connectivity index (χ3n) is 3.33. The Morgan fingerprint density at radius 2 is 1.83 bits per heavy atom. The molecule has 0 aromatic heterocycles. The van der Waals surface area contributed by atoms with Gasteiger partial charge in [-0.05, 0) is 42.3 Å². The highest BCUT2D eigenvalue weighted by Crippen LogP contribution is 2.30. The van der Waals surface area contributed by atoms with Crippen molar-refractivity contribution in [1.82, 2.24) is 0 Å². The first-order valence-corrected chi connectivity index (χ1v) is 6.84. The monoisotopic (exact) mass is 343 g/mol. The van der Waals surface area contributed by atoms with Crippen LogP contribution in [0, 0.1) is 5.82 Å². The fraction of sp³-hybridized carbons (Fsp3) is 0.188. The number of aromatic hydroxyl groups is 1. The summed E-state index contributed by atoms with van der Waals surface area (Å²) in [6, 6.07) is 6.16. The van der Waals surface area contributed by atoms with Crippen molar-refractivity contribution in [3.63, 3.8) is 0 Å². The van der Waals surface area contributed by atoms with Crippen LogP contribution in [-0.4, -0.2) is 22.7 Å². The van der Waals surface area contributed by atoms with E-state index < -0.39 is 23.5 Å². The molecule has 0 saturated carbocycles. The standard InChI is InChI=1S/C16H13F4NO3/c17-13-7-10(16(18,19)20)2-1-9(13)5-6-21-11-3-4-14(22)12(8-11)15(23)24/h1-4,7-8,21-22H,5-6H2,(H,23,24). The summed E-state index contributed by atoms with van der Waals surface area (Å²) in [6.07, 6.45) is -4.50. The number of carboxylic acid groups (broad SMARTS) is 1. The minimum atomic E-state index is -4.60. The highest BCUT2D eigenvalue weighted by atomic mass is 19.4. The highest BCUT2D eigenvalue weighted by Gasteiger charge is 2.31. The predicted molar refractivity (Wildman–Crippen MR) is 78.7 cm³/mol. The smallest absolute Gasteiger partial charge is 0.416 e. The molecule has 0 unspecified atom stereocenters. The van der Waals surface area contributed by atoms with Gasteiger partial charge in [0.05, 0.1) is 5.56 Å².